The van der Waals surface area contributed by atoms with E-state index < -0.39 is 22.3 Å². The van der Waals surface area contributed by atoms with Crippen LogP contribution in [0.1, 0.15) is 40.2 Å². The number of nitrogens with one attached hydrogen (secondary N) is 1. The Kier molecular flexibility index (Phi) is 5.37. The van der Waals surface area contributed by atoms with Crippen molar-refractivity contribution in [3.05, 3.63) is 117 Å². The molecular formula is C31H24ClN3O4. The van der Waals surface area contributed by atoms with Crippen molar-refractivity contribution in [1.82, 2.24) is 4.90 Å². The predicted molar refractivity (Wildman–Crippen MR) is 149 cm³/mol. The van der Waals surface area contributed by atoms with Crippen LogP contribution >= 0.6 is 11.6 Å². The summed E-state index contributed by atoms with van der Waals surface area (Å²) < 4.78 is 0. The van der Waals surface area contributed by atoms with E-state index in [4.69, 9.17) is 11.6 Å². The molecule has 3 unspecified atom stereocenters. The first-order chi connectivity index (χ1) is 18.9. The number of Topliss-reactive ketones (excluding diaryl/α,β-unsaturated/α-hetero) is 1. The number of benzene rings is 4. The lowest BCUT2D eigenvalue weighted by molar-refractivity contribution is -0.384. The molecule has 8 heteroatoms. The van der Waals surface area contributed by atoms with Gasteiger partial charge >= 0.3 is 0 Å². The highest BCUT2D eigenvalue weighted by molar-refractivity contribution is 6.31. The van der Waals surface area contributed by atoms with Crippen LogP contribution in [-0.2, 0) is 10.3 Å². The van der Waals surface area contributed by atoms with Gasteiger partial charge in [-0.3, -0.25) is 24.6 Å². The van der Waals surface area contributed by atoms with E-state index in [1.54, 1.807) is 30.3 Å². The molecule has 39 heavy (non-hydrogen) atoms. The fraction of sp³-hybridized carbons (Fsp3) is 0.226. The molecule has 2 fully saturated rings. The van der Waals surface area contributed by atoms with Gasteiger partial charge in [0.1, 0.15) is 5.54 Å². The number of ketones is 1. The summed E-state index contributed by atoms with van der Waals surface area (Å²) >= 11 is 6.49. The van der Waals surface area contributed by atoms with Crippen molar-refractivity contribution >= 4 is 45.4 Å². The molecule has 4 aromatic carbocycles. The second kappa shape index (κ2) is 8.73. The molecule has 194 valence electrons. The van der Waals surface area contributed by atoms with Gasteiger partial charge in [0, 0.05) is 45.9 Å². The summed E-state index contributed by atoms with van der Waals surface area (Å²) in [5, 5.41) is 17.0. The summed E-state index contributed by atoms with van der Waals surface area (Å²) in [7, 11) is 0. The van der Waals surface area contributed by atoms with Gasteiger partial charge in [0.05, 0.1) is 10.8 Å². The Bertz CT molecular complexity index is 1700. The molecule has 3 aliphatic rings. The minimum Gasteiger partial charge on any atom is -0.324 e. The highest BCUT2D eigenvalue weighted by atomic mass is 35.5. The van der Waals surface area contributed by atoms with E-state index in [1.165, 1.54) is 6.07 Å². The second-order valence-electron chi connectivity index (χ2n) is 10.6. The number of carbonyl (C=O) groups excluding carboxylic acids is 2. The van der Waals surface area contributed by atoms with Gasteiger partial charge in [0.25, 0.3) is 5.69 Å². The fourth-order valence-corrected chi connectivity index (χ4v) is 7.53. The molecule has 1 spiro atoms. The van der Waals surface area contributed by atoms with Crippen molar-refractivity contribution in [2.24, 2.45) is 5.92 Å². The zero-order valence-corrected chi connectivity index (χ0v) is 21.6. The molecule has 1 amide bonds. The molecule has 4 atom stereocenters. The van der Waals surface area contributed by atoms with Gasteiger partial charge in [-0.1, -0.05) is 66.2 Å². The van der Waals surface area contributed by atoms with Crippen molar-refractivity contribution < 1.29 is 14.5 Å². The van der Waals surface area contributed by atoms with Crippen molar-refractivity contribution in [2.75, 3.05) is 11.9 Å². The Hall–Kier alpha value is -4.07. The van der Waals surface area contributed by atoms with Gasteiger partial charge in [-0.05, 0) is 53.9 Å². The van der Waals surface area contributed by atoms with E-state index in [-0.39, 0.29) is 23.4 Å². The van der Waals surface area contributed by atoms with Crippen molar-refractivity contribution in [1.29, 1.82) is 0 Å². The average Bonchev–Trinajstić information content (AvgIpc) is 3.61. The van der Waals surface area contributed by atoms with Crippen molar-refractivity contribution in [3.8, 4) is 0 Å². The third kappa shape index (κ3) is 3.33. The lowest BCUT2D eigenvalue weighted by Gasteiger charge is -2.37. The number of non-ortho nitro benzene ring substituents is 1. The first kappa shape index (κ1) is 24.0. The Labute approximate surface area is 229 Å². The minimum atomic E-state index is -1.29. The quantitative estimate of drug-likeness (QED) is 0.187. The van der Waals surface area contributed by atoms with Gasteiger partial charge in [0.15, 0.2) is 5.78 Å². The van der Waals surface area contributed by atoms with E-state index >= 15 is 0 Å². The first-order valence-corrected chi connectivity index (χ1v) is 13.4. The number of carbonyl (C=O) groups is 2. The maximum Gasteiger partial charge on any atom is 0.269 e. The molecule has 3 aliphatic heterocycles. The number of nitrogens with zero attached hydrogens (tertiary/aromatic N) is 2. The number of amides is 1. The number of rotatable bonds is 4. The number of nitro groups is 1. The molecular weight excluding hydrogens is 514 g/mol. The number of halogens is 1. The van der Waals surface area contributed by atoms with E-state index in [9.17, 15) is 19.7 Å². The van der Waals surface area contributed by atoms with Crippen LogP contribution < -0.4 is 5.32 Å². The molecule has 7 rings (SSSR count). The maximum atomic E-state index is 14.9. The van der Waals surface area contributed by atoms with Gasteiger partial charge in [-0.2, -0.15) is 0 Å². The molecule has 0 radical (unpaired) electrons. The van der Waals surface area contributed by atoms with Crippen LogP contribution in [0.4, 0.5) is 11.4 Å². The molecule has 0 bridgehead atoms. The molecule has 0 saturated carbocycles. The van der Waals surface area contributed by atoms with E-state index in [0.717, 1.165) is 23.6 Å². The average molecular weight is 538 g/mol. The van der Waals surface area contributed by atoms with Crippen LogP contribution in [0.15, 0.2) is 84.9 Å². The van der Waals surface area contributed by atoms with E-state index in [2.05, 4.69) is 10.2 Å². The van der Waals surface area contributed by atoms with E-state index in [1.807, 2.05) is 48.5 Å². The number of fused-ring (bicyclic) bond motifs is 5. The highest BCUT2D eigenvalue weighted by Crippen LogP contribution is 2.61. The Morgan fingerprint density at radius 1 is 1.03 bits per heavy atom. The third-order valence-corrected chi connectivity index (χ3v) is 9.00. The van der Waals surface area contributed by atoms with Gasteiger partial charge in [0.2, 0.25) is 5.91 Å². The van der Waals surface area contributed by atoms with E-state index in [0.29, 0.717) is 33.9 Å². The summed E-state index contributed by atoms with van der Waals surface area (Å²) in [6.07, 6.45) is 1.63. The number of hydrogen-bond acceptors (Lipinski definition) is 5. The summed E-state index contributed by atoms with van der Waals surface area (Å²) in [6.45, 7) is 0.634. The number of hydrogen-bond donors (Lipinski definition) is 1. The standard InChI is InChI=1S/C31H24ClN3O4/c32-20-13-14-25-24(17-20)31(30(37)33-25)28(29(36)23-11-4-7-18-6-1-2-10-22(18)23)27(26-12-5-15-34(26)31)19-8-3-9-21(16-19)35(38)39/h1-4,6-11,13-14,16-17,26-28H,5,12,15H2,(H,33,37)/t26?,27?,28?,31-/m1/s1. The molecule has 0 aliphatic carbocycles. The van der Waals surface area contributed by atoms with Crippen molar-refractivity contribution in [2.45, 2.75) is 30.3 Å². The molecule has 7 nitrogen and oxygen atoms in total. The van der Waals surface area contributed by atoms with Gasteiger partial charge in [-0.25, -0.2) is 0 Å². The summed E-state index contributed by atoms with van der Waals surface area (Å²) in [4.78, 5) is 42.6. The van der Waals surface area contributed by atoms with Crippen LogP contribution in [0.5, 0.6) is 0 Å². The van der Waals surface area contributed by atoms with Crippen molar-refractivity contribution in [3.63, 3.8) is 0 Å². The highest BCUT2D eigenvalue weighted by Gasteiger charge is 2.69. The fourth-order valence-electron chi connectivity index (χ4n) is 7.36. The Morgan fingerprint density at radius 2 is 1.82 bits per heavy atom. The predicted octanol–water partition coefficient (Wildman–Crippen LogP) is 6.31. The lowest BCUT2D eigenvalue weighted by atomic mass is 9.68. The monoisotopic (exact) mass is 537 g/mol. The molecule has 0 aromatic heterocycles. The molecule has 3 heterocycles. The Morgan fingerprint density at radius 3 is 2.67 bits per heavy atom. The zero-order chi connectivity index (χ0) is 26.9. The SMILES string of the molecule is O=C(c1cccc2ccccc12)C1C(c2cccc([N+](=O)[O-])c2)C2CCCN2[C@@]12C(=O)Nc1ccc(Cl)cc12. The number of nitro benzene ring substituents is 1. The lowest BCUT2D eigenvalue weighted by Crippen LogP contribution is -2.52. The normalized spacial score (nSPS) is 25.6. The largest absolute Gasteiger partial charge is 0.324 e. The Balaban J connectivity index is 1.52. The zero-order valence-electron chi connectivity index (χ0n) is 20.8. The van der Waals surface area contributed by atoms with Gasteiger partial charge in [-0.15, -0.1) is 0 Å². The first-order valence-electron chi connectivity index (χ1n) is 13.1. The summed E-state index contributed by atoms with van der Waals surface area (Å²) in [5.41, 5.74) is 1.25. The maximum absolute atomic E-state index is 14.9. The van der Waals surface area contributed by atoms with Crippen LogP contribution in [0, 0.1) is 16.0 Å². The minimum absolute atomic E-state index is 0.0336. The number of anilines is 1. The van der Waals surface area contributed by atoms with Crippen LogP contribution in [0.25, 0.3) is 10.8 Å². The second-order valence-corrected chi connectivity index (χ2v) is 11.0. The molecule has 4 aromatic rings. The topological polar surface area (TPSA) is 92.5 Å². The van der Waals surface area contributed by atoms with Crippen LogP contribution in [0.2, 0.25) is 5.02 Å². The smallest absolute Gasteiger partial charge is 0.269 e. The summed E-state index contributed by atoms with van der Waals surface area (Å²) in [5.74, 6) is -1.66. The van der Waals surface area contributed by atoms with Crippen LogP contribution in [-0.4, -0.2) is 34.1 Å². The summed E-state index contributed by atoms with van der Waals surface area (Å²) in [6, 6.07) is 25.1. The molecule has 2 saturated heterocycles. The third-order valence-electron chi connectivity index (χ3n) is 8.77. The van der Waals surface area contributed by atoms with Crippen LogP contribution in [0.3, 0.4) is 0 Å². The van der Waals surface area contributed by atoms with Gasteiger partial charge < -0.3 is 5.32 Å². The molecule has 1 N–H and O–H groups in total.